The van der Waals surface area contributed by atoms with E-state index in [2.05, 4.69) is 20.3 Å². The van der Waals surface area contributed by atoms with E-state index < -0.39 is 0 Å². The summed E-state index contributed by atoms with van der Waals surface area (Å²) in [7, 11) is 0. The maximum absolute atomic E-state index is 12.9. The SMILES string of the molecule is O=c1c(N=Nc2nccs2)c(-c2ccccc2)[nH]n1-c1ccccc1. The van der Waals surface area contributed by atoms with Gasteiger partial charge in [0.05, 0.1) is 11.4 Å². The molecule has 0 aliphatic carbocycles. The Morgan fingerprint density at radius 2 is 1.68 bits per heavy atom. The van der Waals surface area contributed by atoms with Crippen LogP contribution in [0.15, 0.2) is 87.3 Å². The second kappa shape index (κ2) is 6.66. The third-order valence-corrected chi connectivity index (χ3v) is 4.25. The van der Waals surface area contributed by atoms with Crippen LogP contribution in [0.3, 0.4) is 0 Å². The van der Waals surface area contributed by atoms with Gasteiger partial charge in [-0.15, -0.1) is 21.6 Å². The fourth-order valence-corrected chi connectivity index (χ4v) is 2.90. The number of H-pyrrole nitrogens is 1. The molecule has 0 aliphatic heterocycles. The molecule has 4 aromatic rings. The minimum absolute atomic E-state index is 0.255. The second-order valence-corrected chi connectivity index (χ2v) is 6.07. The van der Waals surface area contributed by atoms with E-state index in [-0.39, 0.29) is 11.2 Å². The minimum Gasteiger partial charge on any atom is -0.288 e. The molecule has 7 heteroatoms. The van der Waals surface area contributed by atoms with Crippen LogP contribution in [0.2, 0.25) is 0 Å². The number of para-hydroxylation sites is 1. The highest BCUT2D eigenvalue weighted by Gasteiger charge is 2.16. The van der Waals surface area contributed by atoms with Gasteiger partial charge in [-0.3, -0.25) is 9.89 Å². The maximum atomic E-state index is 12.9. The molecule has 0 aliphatic rings. The van der Waals surface area contributed by atoms with Crippen molar-refractivity contribution in [1.82, 2.24) is 14.8 Å². The molecular weight excluding hydrogens is 334 g/mol. The van der Waals surface area contributed by atoms with Gasteiger partial charge in [0, 0.05) is 17.1 Å². The van der Waals surface area contributed by atoms with E-state index in [0.717, 1.165) is 11.3 Å². The van der Waals surface area contributed by atoms with Crippen LogP contribution < -0.4 is 5.56 Å². The van der Waals surface area contributed by atoms with Gasteiger partial charge in [0.2, 0.25) is 5.13 Å². The molecule has 0 atom stereocenters. The molecule has 0 bridgehead atoms. The number of aromatic nitrogens is 3. The molecule has 0 radical (unpaired) electrons. The van der Waals surface area contributed by atoms with Crippen molar-refractivity contribution in [2.45, 2.75) is 0 Å². The van der Waals surface area contributed by atoms with Crippen LogP contribution in [-0.4, -0.2) is 14.8 Å². The molecule has 122 valence electrons. The van der Waals surface area contributed by atoms with E-state index in [1.165, 1.54) is 16.0 Å². The lowest BCUT2D eigenvalue weighted by Gasteiger charge is -2.01. The summed E-state index contributed by atoms with van der Waals surface area (Å²) in [6, 6.07) is 19.0. The lowest BCUT2D eigenvalue weighted by molar-refractivity contribution is 0.852. The van der Waals surface area contributed by atoms with Crippen molar-refractivity contribution in [3.8, 4) is 16.9 Å². The summed E-state index contributed by atoms with van der Waals surface area (Å²) in [6.45, 7) is 0. The van der Waals surface area contributed by atoms with Crippen molar-refractivity contribution in [3.05, 3.63) is 82.6 Å². The van der Waals surface area contributed by atoms with Gasteiger partial charge >= 0.3 is 0 Å². The quantitative estimate of drug-likeness (QED) is 0.543. The van der Waals surface area contributed by atoms with Crippen LogP contribution in [0.4, 0.5) is 10.8 Å². The molecule has 4 rings (SSSR count). The third-order valence-electron chi connectivity index (χ3n) is 3.60. The number of nitrogens with one attached hydrogen (secondary N) is 1. The third kappa shape index (κ3) is 3.05. The first-order chi connectivity index (χ1) is 12.3. The first-order valence-corrected chi connectivity index (χ1v) is 8.48. The maximum Gasteiger partial charge on any atom is 0.299 e. The number of nitrogens with zero attached hydrogens (tertiary/aromatic N) is 4. The second-order valence-electron chi connectivity index (χ2n) is 5.19. The first kappa shape index (κ1) is 15.2. The van der Waals surface area contributed by atoms with E-state index in [4.69, 9.17) is 0 Å². The zero-order valence-electron chi connectivity index (χ0n) is 13.0. The number of aromatic amines is 1. The van der Waals surface area contributed by atoms with Gasteiger partial charge < -0.3 is 0 Å². The zero-order valence-corrected chi connectivity index (χ0v) is 13.9. The van der Waals surface area contributed by atoms with Gasteiger partial charge in [-0.25, -0.2) is 9.67 Å². The lowest BCUT2D eigenvalue weighted by Crippen LogP contribution is -2.13. The van der Waals surface area contributed by atoms with E-state index >= 15 is 0 Å². The van der Waals surface area contributed by atoms with Crippen molar-refractivity contribution >= 4 is 22.2 Å². The van der Waals surface area contributed by atoms with Gasteiger partial charge in [0.25, 0.3) is 5.56 Å². The van der Waals surface area contributed by atoms with Crippen LogP contribution in [0.1, 0.15) is 0 Å². The molecule has 0 fully saturated rings. The van der Waals surface area contributed by atoms with Gasteiger partial charge in [0.15, 0.2) is 5.69 Å². The fourth-order valence-electron chi connectivity index (χ4n) is 2.44. The van der Waals surface area contributed by atoms with Crippen LogP contribution in [0.5, 0.6) is 0 Å². The topological polar surface area (TPSA) is 75.4 Å². The number of benzene rings is 2. The van der Waals surface area contributed by atoms with Gasteiger partial charge in [-0.2, -0.15) is 0 Å². The van der Waals surface area contributed by atoms with E-state index in [1.807, 2.05) is 66.0 Å². The summed E-state index contributed by atoms with van der Waals surface area (Å²) < 4.78 is 1.47. The van der Waals surface area contributed by atoms with Crippen LogP contribution in [0, 0.1) is 0 Å². The number of rotatable bonds is 4. The van der Waals surface area contributed by atoms with Crippen molar-refractivity contribution in [1.29, 1.82) is 0 Å². The highest BCUT2D eigenvalue weighted by atomic mass is 32.1. The van der Waals surface area contributed by atoms with Crippen LogP contribution >= 0.6 is 11.3 Å². The Hall–Kier alpha value is -3.32. The Morgan fingerprint density at radius 1 is 0.960 bits per heavy atom. The lowest BCUT2D eigenvalue weighted by atomic mass is 10.1. The summed E-state index contributed by atoms with van der Waals surface area (Å²) in [4.78, 5) is 17.0. The predicted molar refractivity (Wildman–Crippen MR) is 98.1 cm³/mol. The van der Waals surface area contributed by atoms with E-state index in [0.29, 0.717) is 10.8 Å². The standard InChI is InChI=1S/C18H13N5OS/c24-17-16(20-21-18-19-11-12-25-18)15(13-7-3-1-4-8-13)22-23(17)14-9-5-2-6-10-14/h1-12,22H. The van der Waals surface area contributed by atoms with Crippen LogP contribution in [-0.2, 0) is 0 Å². The molecule has 25 heavy (non-hydrogen) atoms. The Kier molecular flexibility index (Phi) is 4.05. The Bertz CT molecular complexity index is 1050. The molecule has 0 saturated heterocycles. The Balaban J connectivity index is 1.88. The molecule has 1 N–H and O–H groups in total. The smallest absolute Gasteiger partial charge is 0.288 e. The number of hydrogen-bond donors (Lipinski definition) is 1. The fraction of sp³-hybridized carbons (Fsp3) is 0. The highest BCUT2D eigenvalue weighted by Crippen LogP contribution is 2.28. The molecule has 6 nitrogen and oxygen atoms in total. The molecule has 0 amide bonds. The summed E-state index contributed by atoms with van der Waals surface area (Å²) in [5.74, 6) is 0. The molecular formula is C18H13N5OS. The first-order valence-electron chi connectivity index (χ1n) is 7.60. The van der Waals surface area contributed by atoms with E-state index in [1.54, 1.807) is 6.20 Å². The van der Waals surface area contributed by atoms with Crippen molar-refractivity contribution in [3.63, 3.8) is 0 Å². The highest BCUT2D eigenvalue weighted by molar-refractivity contribution is 7.13. The average molecular weight is 347 g/mol. The molecule has 0 unspecified atom stereocenters. The Labute approximate surface area is 147 Å². The largest absolute Gasteiger partial charge is 0.299 e. The van der Waals surface area contributed by atoms with Gasteiger partial charge in [-0.1, -0.05) is 48.5 Å². The van der Waals surface area contributed by atoms with Crippen molar-refractivity contribution < 1.29 is 0 Å². The van der Waals surface area contributed by atoms with Crippen molar-refractivity contribution in [2.75, 3.05) is 0 Å². The number of hydrogen-bond acceptors (Lipinski definition) is 5. The normalized spacial score (nSPS) is 11.2. The monoisotopic (exact) mass is 347 g/mol. The van der Waals surface area contributed by atoms with E-state index in [9.17, 15) is 4.79 Å². The molecule has 0 spiro atoms. The summed E-state index contributed by atoms with van der Waals surface area (Å²) in [5, 5.41) is 13.7. The summed E-state index contributed by atoms with van der Waals surface area (Å²) >= 11 is 1.36. The predicted octanol–water partition coefficient (Wildman–Crippen LogP) is 4.70. The number of azo groups is 1. The summed E-state index contributed by atoms with van der Waals surface area (Å²) in [6.07, 6.45) is 1.65. The molecule has 2 aromatic carbocycles. The minimum atomic E-state index is -0.259. The molecule has 0 saturated carbocycles. The van der Waals surface area contributed by atoms with Crippen molar-refractivity contribution in [2.24, 2.45) is 10.2 Å². The Morgan fingerprint density at radius 3 is 2.36 bits per heavy atom. The number of thiazole rings is 1. The van der Waals surface area contributed by atoms with Gasteiger partial charge in [-0.05, 0) is 12.1 Å². The molecule has 2 heterocycles. The zero-order chi connectivity index (χ0) is 17.1. The molecule has 2 aromatic heterocycles. The average Bonchev–Trinajstić information content (AvgIpc) is 3.29. The summed E-state index contributed by atoms with van der Waals surface area (Å²) in [5.41, 5.74) is 2.22. The van der Waals surface area contributed by atoms with Crippen LogP contribution in [0.25, 0.3) is 16.9 Å². The van der Waals surface area contributed by atoms with Gasteiger partial charge in [0.1, 0.15) is 0 Å².